The SMILES string of the molecule is CCNC(CC(=O)O)C(=O)c1cc(C)c(OC)cc1C. The van der Waals surface area contributed by atoms with Crippen molar-refractivity contribution in [1.29, 1.82) is 0 Å². The molecule has 0 spiro atoms. The van der Waals surface area contributed by atoms with Crippen LogP contribution in [-0.4, -0.2) is 36.6 Å². The zero-order valence-electron chi connectivity index (χ0n) is 12.3. The first-order valence-electron chi connectivity index (χ1n) is 6.55. The fourth-order valence-corrected chi connectivity index (χ4v) is 2.14. The summed E-state index contributed by atoms with van der Waals surface area (Å²) in [5.41, 5.74) is 2.17. The number of carboxylic acid groups (broad SMARTS) is 1. The van der Waals surface area contributed by atoms with Crippen molar-refractivity contribution in [3.63, 3.8) is 0 Å². The van der Waals surface area contributed by atoms with E-state index in [1.165, 1.54) is 0 Å². The molecule has 0 aliphatic rings. The van der Waals surface area contributed by atoms with Crippen LogP contribution in [0.1, 0.15) is 34.8 Å². The number of hydrogen-bond donors (Lipinski definition) is 2. The lowest BCUT2D eigenvalue weighted by Gasteiger charge is -2.17. The van der Waals surface area contributed by atoms with Gasteiger partial charge >= 0.3 is 5.97 Å². The number of carboxylic acids is 1. The molecule has 1 aromatic rings. The second-order valence-corrected chi connectivity index (χ2v) is 4.71. The van der Waals surface area contributed by atoms with E-state index in [0.717, 1.165) is 16.9 Å². The normalized spacial score (nSPS) is 12.0. The summed E-state index contributed by atoms with van der Waals surface area (Å²) in [5.74, 6) is -0.470. The summed E-state index contributed by atoms with van der Waals surface area (Å²) in [6, 6.07) is 2.85. The first-order valence-corrected chi connectivity index (χ1v) is 6.55. The van der Waals surface area contributed by atoms with Gasteiger partial charge in [0.2, 0.25) is 0 Å². The van der Waals surface area contributed by atoms with E-state index in [0.29, 0.717) is 12.1 Å². The van der Waals surface area contributed by atoms with E-state index in [4.69, 9.17) is 9.84 Å². The molecule has 1 unspecified atom stereocenters. The Kier molecular flexibility index (Phi) is 5.70. The van der Waals surface area contributed by atoms with Gasteiger partial charge in [0.05, 0.1) is 19.6 Å². The number of likely N-dealkylation sites (N-methyl/N-ethyl adjacent to an activating group) is 1. The van der Waals surface area contributed by atoms with Gasteiger partial charge in [-0.2, -0.15) is 0 Å². The quantitative estimate of drug-likeness (QED) is 0.746. The third-order valence-corrected chi connectivity index (χ3v) is 3.15. The van der Waals surface area contributed by atoms with Crippen molar-refractivity contribution in [3.05, 3.63) is 28.8 Å². The van der Waals surface area contributed by atoms with Crippen LogP contribution >= 0.6 is 0 Å². The van der Waals surface area contributed by atoms with Crippen LogP contribution < -0.4 is 10.1 Å². The van der Waals surface area contributed by atoms with Crippen molar-refractivity contribution in [3.8, 4) is 5.75 Å². The maximum Gasteiger partial charge on any atom is 0.305 e. The van der Waals surface area contributed by atoms with Crippen LogP contribution in [-0.2, 0) is 4.79 Å². The molecule has 5 nitrogen and oxygen atoms in total. The molecule has 0 aliphatic carbocycles. The van der Waals surface area contributed by atoms with Gasteiger partial charge in [0, 0.05) is 5.56 Å². The number of hydrogen-bond acceptors (Lipinski definition) is 4. The van der Waals surface area contributed by atoms with Gasteiger partial charge in [-0.3, -0.25) is 9.59 Å². The number of Topliss-reactive ketones (excluding diaryl/α,β-unsaturated/α-hetero) is 1. The van der Waals surface area contributed by atoms with Crippen molar-refractivity contribution in [2.24, 2.45) is 0 Å². The van der Waals surface area contributed by atoms with Crippen LogP contribution in [0.3, 0.4) is 0 Å². The highest BCUT2D eigenvalue weighted by Gasteiger charge is 2.24. The lowest BCUT2D eigenvalue weighted by atomic mass is 9.95. The van der Waals surface area contributed by atoms with Crippen molar-refractivity contribution in [2.75, 3.05) is 13.7 Å². The zero-order chi connectivity index (χ0) is 15.3. The van der Waals surface area contributed by atoms with Gasteiger partial charge < -0.3 is 15.2 Å². The summed E-state index contributed by atoms with van der Waals surface area (Å²) in [6.45, 7) is 6.06. The van der Waals surface area contributed by atoms with Gasteiger partial charge in [0.1, 0.15) is 5.75 Å². The highest BCUT2D eigenvalue weighted by Crippen LogP contribution is 2.23. The first-order chi connectivity index (χ1) is 9.40. The molecule has 2 N–H and O–H groups in total. The van der Waals surface area contributed by atoms with Crippen LogP contribution in [0.25, 0.3) is 0 Å². The molecule has 0 radical (unpaired) electrons. The molecule has 1 atom stereocenters. The van der Waals surface area contributed by atoms with Crippen molar-refractivity contribution in [2.45, 2.75) is 33.2 Å². The van der Waals surface area contributed by atoms with Gasteiger partial charge in [0.25, 0.3) is 0 Å². The number of carbonyl (C=O) groups excluding carboxylic acids is 1. The number of nitrogens with one attached hydrogen (secondary N) is 1. The number of methoxy groups -OCH3 is 1. The minimum absolute atomic E-state index is 0.197. The van der Waals surface area contributed by atoms with Gasteiger partial charge in [-0.15, -0.1) is 0 Å². The second-order valence-electron chi connectivity index (χ2n) is 4.71. The highest BCUT2D eigenvalue weighted by atomic mass is 16.5. The molecule has 0 saturated carbocycles. The Morgan fingerprint density at radius 3 is 2.45 bits per heavy atom. The number of rotatable bonds is 7. The van der Waals surface area contributed by atoms with Crippen LogP contribution in [0.4, 0.5) is 0 Å². The lowest BCUT2D eigenvalue weighted by Crippen LogP contribution is -2.38. The summed E-state index contributed by atoms with van der Waals surface area (Å²) in [4.78, 5) is 23.3. The van der Waals surface area contributed by atoms with Gasteiger partial charge in [-0.1, -0.05) is 6.92 Å². The van der Waals surface area contributed by atoms with E-state index in [2.05, 4.69) is 5.32 Å². The number of carbonyl (C=O) groups is 2. The molecule has 20 heavy (non-hydrogen) atoms. The maximum atomic E-state index is 12.5. The minimum atomic E-state index is -0.993. The standard InChI is InChI=1S/C15H21NO4/c1-5-16-12(8-14(17)18)15(19)11-6-10(3)13(20-4)7-9(11)2/h6-7,12,16H,5,8H2,1-4H3,(H,17,18). The summed E-state index contributed by atoms with van der Waals surface area (Å²) < 4.78 is 5.21. The molecule has 0 bridgehead atoms. The van der Waals surface area contributed by atoms with Crippen molar-refractivity contribution in [1.82, 2.24) is 5.32 Å². The van der Waals surface area contributed by atoms with Crippen LogP contribution in [0.5, 0.6) is 5.75 Å². The maximum absolute atomic E-state index is 12.5. The Labute approximate surface area is 118 Å². The van der Waals surface area contributed by atoms with E-state index >= 15 is 0 Å². The summed E-state index contributed by atoms with van der Waals surface area (Å²) in [6.07, 6.45) is -0.225. The van der Waals surface area contributed by atoms with E-state index in [1.54, 1.807) is 19.2 Å². The predicted octanol–water partition coefficient (Wildman–Crippen LogP) is 1.95. The van der Waals surface area contributed by atoms with Crippen molar-refractivity contribution < 1.29 is 19.4 Å². The highest BCUT2D eigenvalue weighted by molar-refractivity contribution is 6.03. The molecule has 0 aromatic heterocycles. The summed E-state index contributed by atoms with van der Waals surface area (Å²) in [5, 5.41) is 11.8. The van der Waals surface area contributed by atoms with Crippen LogP contribution in [0.2, 0.25) is 0 Å². The molecule has 0 aliphatic heterocycles. The van der Waals surface area contributed by atoms with Crippen LogP contribution in [0.15, 0.2) is 12.1 Å². The number of aliphatic carboxylic acids is 1. The number of ketones is 1. The van der Waals surface area contributed by atoms with E-state index < -0.39 is 12.0 Å². The fourth-order valence-electron chi connectivity index (χ4n) is 2.14. The largest absolute Gasteiger partial charge is 0.496 e. The molecular weight excluding hydrogens is 258 g/mol. The molecule has 0 saturated heterocycles. The Hall–Kier alpha value is -1.88. The zero-order valence-corrected chi connectivity index (χ0v) is 12.3. The second kappa shape index (κ2) is 7.05. The summed E-state index contributed by atoms with van der Waals surface area (Å²) >= 11 is 0. The first kappa shape index (κ1) is 16.2. The molecule has 110 valence electrons. The minimum Gasteiger partial charge on any atom is -0.496 e. The molecule has 5 heteroatoms. The molecule has 1 rings (SSSR count). The molecule has 0 amide bonds. The number of benzene rings is 1. The Balaban J connectivity index is 3.11. The third-order valence-electron chi connectivity index (χ3n) is 3.15. The number of ether oxygens (including phenoxy) is 1. The average molecular weight is 279 g/mol. The third kappa shape index (κ3) is 3.81. The molecule has 0 heterocycles. The molecule has 0 fully saturated rings. The van der Waals surface area contributed by atoms with Gasteiger partial charge in [-0.05, 0) is 43.7 Å². The van der Waals surface area contributed by atoms with E-state index in [1.807, 2.05) is 20.8 Å². The topological polar surface area (TPSA) is 75.6 Å². The monoisotopic (exact) mass is 279 g/mol. The Morgan fingerprint density at radius 2 is 1.95 bits per heavy atom. The lowest BCUT2D eigenvalue weighted by molar-refractivity contribution is -0.137. The van der Waals surface area contributed by atoms with Gasteiger partial charge in [-0.25, -0.2) is 0 Å². The number of aryl methyl sites for hydroxylation is 2. The van der Waals surface area contributed by atoms with Crippen LogP contribution in [0, 0.1) is 13.8 Å². The van der Waals surface area contributed by atoms with E-state index in [9.17, 15) is 9.59 Å². The predicted molar refractivity (Wildman–Crippen MR) is 76.5 cm³/mol. The smallest absolute Gasteiger partial charge is 0.305 e. The fraction of sp³-hybridized carbons (Fsp3) is 0.467. The Morgan fingerprint density at radius 1 is 1.30 bits per heavy atom. The van der Waals surface area contributed by atoms with Crippen molar-refractivity contribution >= 4 is 11.8 Å². The summed E-state index contributed by atoms with van der Waals surface area (Å²) in [7, 11) is 1.58. The Bertz CT molecular complexity index is 511. The average Bonchev–Trinajstić information content (AvgIpc) is 2.39. The van der Waals surface area contributed by atoms with E-state index in [-0.39, 0.29) is 12.2 Å². The molecule has 1 aromatic carbocycles. The molecular formula is C15H21NO4. The van der Waals surface area contributed by atoms with Gasteiger partial charge in [0.15, 0.2) is 5.78 Å².